The van der Waals surface area contributed by atoms with E-state index in [2.05, 4.69) is 0 Å². The molecule has 0 aromatic rings. The Bertz CT molecular complexity index is 60.7. The van der Waals surface area contributed by atoms with E-state index in [1.165, 1.54) is 13.5 Å². The van der Waals surface area contributed by atoms with Gasteiger partial charge in [0.2, 0.25) is 0 Å². The molecule has 0 aromatic carbocycles. The molecule has 0 bridgehead atoms. The van der Waals surface area contributed by atoms with Crippen LogP contribution in [0.25, 0.3) is 0 Å². The molecule has 0 aliphatic rings. The van der Waals surface area contributed by atoms with Crippen LogP contribution in [0.3, 0.4) is 0 Å². The second-order valence-electron chi connectivity index (χ2n) is 0.447. The average molecular weight is 271 g/mol. The predicted molar refractivity (Wildman–Crippen MR) is 11.5 cm³/mol. The van der Waals surface area contributed by atoms with Gasteiger partial charge in [-0.3, -0.25) is 0 Å². The fourth-order valence-corrected chi connectivity index (χ4v) is 0. The van der Waals surface area contributed by atoms with E-state index in [1.807, 2.05) is 0 Å². The molecule has 0 rings (SSSR count). The molecule has 32 valence electrons. The van der Waals surface area contributed by atoms with Crippen molar-refractivity contribution in [3.63, 3.8) is 0 Å². The van der Waals surface area contributed by atoms with E-state index in [9.17, 15) is 0 Å². The maximum atomic E-state index is 9.11. The standard InChI is InChI=1S/AsH3O3Se.3Na/c2-1(3,4)5;;;/h(H3,2,3,4,5);;;/q;3*+1/p-3. The molecule has 0 N–H and O–H groups in total. The molecule has 0 unspecified atom stereocenters. The molecular weight excluding hydrogens is 271 g/mol. The topological polar surface area (TPSA) is 69.2 Å². The summed E-state index contributed by atoms with van der Waals surface area (Å²) in [4.78, 5) is 0. The van der Waals surface area contributed by atoms with E-state index in [0.717, 1.165) is 0 Å². The third kappa shape index (κ3) is 51.0. The van der Waals surface area contributed by atoms with Crippen molar-refractivity contribution < 1.29 is 101 Å². The van der Waals surface area contributed by atoms with Gasteiger partial charge in [0.05, 0.1) is 0 Å². The van der Waals surface area contributed by atoms with Crippen LogP contribution < -0.4 is 101 Å². The van der Waals surface area contributed by atoms with Gasteiger partial charge in [0.25, 0.3) is 0 Å². The van der Waals surface area contributed by atoms with Crippen molar-refractivity contribution in [2.75, 3.05) is 0 Å². The van der Waals surface area contributed by atoms with E-state index in [0.29, 0.717) is 0 Å². The van der Waals surface area contributed by atoms with Crippen LogP contribution in [0.15, 0.2) is 0 Å². The van der Waals surface area contributed by atoms with Crippen LogP contribution in [-0.4, -0.2) is 25.6 Å². The predicted octanol–water partition coefficient (Wildman–Crippen LogP) is -13.3. The summed E-state index contributed by atoms with van der Waals surface area (Å²) in [5.41, 5.74) is 0. The Hall–Kier alpha value is 3.96. The molecular formula is AsNa3O3Se. The van der Waals surface area contributed by atoms with Crippen LogP contribution in [0.5, 0.6) is 0 Å². The van der Waals surface area contributed by atoms with Gasteiger partial charge < -0.3 is 0 Å². The zero-order valence-electron chi connectivity index (χ0n) is 5.08. The molecule has 0 aromatic heterocycles. The summed E-state index contributed by atoms with van der Waals surface area (Å²) in [6.07, 6.45) is 0. The van der Waals surface area contributed by atoms with E-state index in [4.69, 9.17) is 12.3 Å². The van der Waals surface area contributed by atoms with Gasteiger partial charge in [-0.1, -0.05) is 0 Å². The van der Waals surface area contributed by atoms with Crippen LogP contribution in [0.4, 0.5) is 0 Å². The number of hydrogen-bond donors (Lipinski definition) is 0. The van der Waals surface area contributed by atoms with Crippen molar-refractivity contribution >= 4 is 25.6 Å². The van der Waals surface area contributed by atoms with Crippen molar-refractivity contribution in [1.82, 2.24) is 0 Å². The molecule has 8 heavy (non-hydrogen) atoms. The third-order valence-corrected chi connectivity index (χ3v) is 0. The zero-order valence-corrected chi connectivity index (χ0v) is 14.7. The Morgan fingerprint density at radius 3 is 0.875 bits per heavy atom. The van der Waals surface area contributed by atoms with Crippen LogP contribution in [-0.2, 0) is 0 Å². The molecule has 0 amide bonds. The minimum atomic E-state index is -4.75. The zero-order chi connectivity index (χ0) is 4.50. The van der Waals surface area contributed by atoms with Crippen molar-refractivity contribution in [3.8, 4) is 0 Å². The van der Waals surface area contributed by atoms with Gasteiger partial charge in [-0.2, -0.15) is 0 Å². The van der Waals surface area contributed by atoms with Crippen LogP contribution in [0, 0.1) is 0 Å². The fourth-order valence-electron chi connectivity index (χ4n) is 0. The summed E-state index contributed by atoms with van der Waals surface area (Å²) in [5.74, 6) is 0. The summed E-state index contributed by atoms with van der Waals surface area (Å²) in [6.45, 7) is 0. The fraction of sp³-hybridized carbons (Fsp3) is 0. The van der Waals surface area contributed by atoms with Crippen LogP contribution in [0.1, 0.15) is 0 Å². The summed E-state index contributed by atoms with van der Waals surface area (Å²) in [6, 6.07) is 0. The van der Waals surface area contributed by atoms with Gasteiger partial charge in [0.15, 0.2) is 0 Å². The van der Waals surface area contributed by atoms with Gasteiger partial charge in [0.1, 0.15) is 0 Å². The second-order valence-corrected chi connectivity index (χ2v) is 7.20. The van der Waals surface area contributed by atoms with E-state index in [-0.39, 0.29) is 88.7 Å². The molecule has 0 aliphatic heterocycles. The molecule has 0 radical (unpaired) electrons. The van der Waals surface area contributed by atoms with Gasteiger partial charge >= 0.3 is 127 Å². The minimum absolute atomic E-state index is 0. The number of rotatable bonds is 0. The monoisotopic (exact) mass is 272 g/mol. The molecule has 0 heterocycles. The summed E-state index contributed by atoms with van der Waals surface area (Å²) >= 11 is -3.27. The SMILES string of the molecule is [Na+].[Na+].[Na+].[O-][As]([O-])([O-])=[Se]. The third-order valence-electron chi connectivity index (χ3n) is 0. The van der Waals surface area contributed by atoms with Crippen LogP contribution >= 0.6 is 0 Å². The molecule has 0 saturated heterocycles. The molecule has 0 saturated carbocycles. The molecule has 3 nitrogen and oxygen atoms in total. The van der Waals surface area contributed by atoms with E-state index >= 15 is 0 Å². The first-order chi connectivity index (χ1) is 2.00. The van der Waals surface area contributed by atoms with Crippen molar-refractivity contribution in [1.29, 1.82) is 0 Å². The second kappa shape index (κ2) is 11.0. The van der Waals surface area contributed by atoms with Crippen LogP contribution in [0.2, 0.25) is 0 Å². The molecule has 0 atom stereocenters. The molecule has 0 aliphatic carbocycles. The van der Waals surface area contributed by atoms with Gasteiger partial charge in [-0.25, -0.2) is 0 Å². The summed E-state index contributed by atoms with van der Waals surface area (Å²) in [5, 5.41) is 0. The first-order valence-electron chi connectivity index (χ1n) is 0.730. The Morgan fingerprint density at radius 1 is 0.875 bits per heavy atom. The first-order valence-corrected chi connectivity index (χ1v) is 7.78. The Morgan fingerprint density at radius 2 is 0.875 bits per heavy atom. The Balaban J connectivity index is -0.0000000267. The quantitative estimate of drug-likeness (QED) is 0.411. The average Bonchev–Trinajstić information content (AvgIpc) is 0.722. The van der Waals surface area contributed by atoms with Gasteiger partial charge in [0, 0.05) is 0 Å². The number of hydrogen-bond acceptors (Lipinski definition) is 3. The van der Waals surface area contributed by atoms with E-state index in [1.54, 1.807) is 0 Å². The maximum absolute atomic E-state index is 9.11. The summed E-state index contributed by atoms with van der Waals surface area (Å²) in [7, 11) is 0. The van der Waals surface area contributed by atoms with Gasteiger partial charge in [-0.15, -0.1) is 0 Å². The molecule has 8 heteroatoms. The Labute approximate surface area is 124 Å². The van der Waals surface area contributed by atoms with Crippen molar-refractivity contribution in [2.45, 2.75) is 0 Å². The van der Waals surface area contributed by atoms with E-state index < -0.39 is 12.1 Å². The molecule has 0 spiro atoms. The summed E-state index contributed by atoms with van der Waals surface area (Å²) < 4.78 is 27.3. The first kappa shape index (κ1) is 22.7. The molecule has 0 fully saturated rings. The van der Waals surface area contributed by atoms with Gasteiger partial charge in [-0.05, 0) is 0 Å². The van der Waals surface area contributed by atoms with Crippen molar-refractivity contribution in [2.24, 2.45) is 0 Å². The Kier molecular flexibility index (Phi) is 31.1. The van der Waals surface area contributed by atoms with Crippen molar-refractivity contribution in [3.05, 3.63) is 0 Å². The normalized spacial score (nSPS) is 7.38.